The first-order chi connectivity index (χ1) is 19.2. The molecule has 0 atom stereocenters. The first-order valence-corrected chi connectivity index (χ1v) is 14.7. The molecule has 0 aliphatic carbocycles. The Morgan fingerprint density at radius 2 is 1.68 bits per heavy atom. The molecule has 0 unspecified atom stereocenters. The quantitative estimate of drug-likeness (QED) is 0.369. The Morgan fingerprint density at radius 3 is 2.33 bits per heavy atom. The van der Waals surface area contributed by atoms with Gasteiger partial charge in [0.25, 0.3) is 21.8 Å². The maximum atomic E-state index is 13.0. The van der Waals surface area contributed by atoms with E-state index in [0.29, 0.717) is 37.4 Å². The molecule has 2 amide bonds. The maximum absolute atomic E-state index is 13.0. The molecule has 1 aliphatic rings. The first-order valence-electron chi connectivity index (χ1n) is 13.2. The predicted molar refractivity (Wildman–Crippen MR) is 149 cm³/mol. The zero-order valence-corrected chi connectivity index (χ0v) is 23.4. The summed E-state index contributed by atoms with van der Waals surface area (Å²) in [5.74, 6) is -1.20. The number of piperazine rings is 1. The summed E-state index contributed by atoms with van der Waals surface area (Å²) in [6.07, 6.45) is 4.49. The third-order valence-corrected chi connectivity index (χ3v) is 8.12. The molecular formula is C29H33N3O7S. The number of rotatable bonds is 10. The van der Waals surface area contributed by atoms with Gasteiger partial charge in [0.05, 0.1) is 16.7 Å². The molecule has 1 aliphatic heterocycles. The molecule has 1 saturated heterocycles. The molecule has 2 heterocycles. The van der Waals surface area contributed by atoms with E-state index in [4.69, 9.17) is 9.15 Å². The zero-order chi connectivity index (χ0) is 28.7. The second kappa shape index (κ2) is 12.8. The van der Waals surface area contributed by atoms with Gasteiger partial charge in [-0.1, -0.05) is 31.5 Å². The van der Waals surface area contributed by atoms with Gasteiger partial charge in [0.1, 0.15) is 0 Å². The van der Waals surface area contributed by atoms with Gasteiger partial charge in [0.15, 0.2) is 12.4 Å². The summed E-state index contributed by atoms with van der Waals surface area (Å²) in [5.41, 5.74) is 2.12. The van der Waals surface area contributed by atoms with Gasteiger partial charge in [-0.25, -0.2) is 13.2 Å². The van der Waals surface area contributed by atoms with Crippen LogP contribution in [0.4, 0.5) is 5.69 Å². The SMILES string of the molecule is CCCCc1ccc(NS(=O)(=O)c2ccc(C)c(C(=O)OCC(=O)N3CCN(C(=O)c4ccco4)CC3)c2)cc1. The number of carbonyl (C=O) groups is 3. The fourth-order valence-corrected chi connectivity index (χ4v) is 5.42. The average molecular weight is 568 g/mol. The second-order valence-corrected chi connectivity index (χ2v) is 11.3. The van der Waals surface area contributed by atoms with Gasteiger partial charge in [0, 0.05) is 31.9 Å². The Hall–Kier alpha value is -4.12. The number of benzene rings is 2. The molecule has 0 radical (unpaired) electrons. The summed E-state index contributed by atoms with van der Waals surface area (Å²) in [6.45, 7) is 4.51. The van der Waals surface area contributed by atoms with Crippen molar-refractivity contribution in [1.29, 1.82) is 0 Å². The molecule has 3 aromatic rings. The van der Waals surface area contributed by atoms with E-state index in [1.165, 1.54) is 29.4 Å². The molecule has 4 rings (SSSR count). The van der Waals surface area contributed by atoms with E-state index >= 15 is 0 Å². The largest absolute Gasteiger partial charge is 0.459 e. The van der Waals surface area contributed by atoms with Gasteiger partial charge in [0.2, 0.25) is 0 Å². The minimum atomic E-state index is -3.96. The number of sulfonamides is 1. The summed E-state index contributed by atoms with van der Waals surface area (Å²) in [7, 11) is -3.96. The molecule has 0 spiro atoms. The van der Waals surface area contributed by atoms with Crippen LogP contribution in [-0.2, 0) is 26.0 Å². The lowest BCUT2D eigenvalue weighted by Crippen LogP contribution is -2.51. The fourth-order valence-electron chi connectivity index (χ4n) is 4.33. The third-order valence-electron chi connectivity index (χ3n) is 6.74. The minimum Gasteiger partial charge on any atom is -0.459 e. The molecular weight excluding hydrogens is 534 g/mol. The lowest BCUT2D eigenvalue weighted by Gasteiger charge is -2.34. The van der Waals surface area contributed by atoms with Crippen molar-refractivity contribution in [2.75, 3.05) is 37.5 Å². The monoisotopic (exact) mass is 567 g/mol. The lowest BCUT2D eigenvalue weighted by molar-refractivity contribution is -0.136. The highest BCUT2D eigenvalue weighted by molar-refractivity contribution is 7.92. The number of ether oxygens (including phenoxy) is 1. The molecule has 0 saturated carbocycles. The smallest absolute Gasteiger partial charge is 0.338 e. The maximum Gasteiger partial charge on any atom is 0.338 e. The van der Waals surface area contributed by atoms with Crippen molar-refractivity contribution in [3.8, 4) is 0 Å². The molecule has 0 bridgehead atoms. The lowest BCUT2D eigenvalue weighted by atomic mass is 10.1. The predicted octanol–water partition coefficient (Wildman–Crippen LogP) is 3.87. The van der Waals surface area contributed by atoms with Gasteiger partial charge in [-0.15, -0.1) is 0 Å². The van der Waals surface area contributed by atoms with Gasteiger partial charge in [-0.2, -0.15) is 0 Å². The molecule has 1 fully saturated rings. The molecule has 212 valence electrons. The normalized spacial score (nSPS) is 13.7. The van der Waals surface area contributed by atoms with Crippen LogP contribution in [0.15, 0.2) is 70.2 Å². The van der Waals surface area contributed by atoms with E-state index in [2.05, 4.69) is 11.6 Å². The Balaban J connectivity index is 1.33. The summed E-state index contributed by atoms with van der Waals surface area (Å²) < 4.78 is 39.0. The molecule has 1 aromatic heterocycles. The van der Waals surface area contributed by atoms with Crippen LogP contribution >= 0.6 is 0 Å². The van der Waals surface area contributed by atoms with E-state index in [0.717, 1.165) is 24.8 Å². The van der Waals surface area contributed by atoms with Crippen molar-refractivity contribution in [2.24, 2.45) is 0 Å². The Morgan fingerprint density at radius 1 is 0.975 bits per heavy atom. The Bertz CT molecular complexity index is 1440. The van der Waals surface area contributed by atoms with Gasteiger partial charge < -0.3 is 19.0 Å². The van der Waals surface area contributed by atoms with Crippen LogP contribution in [0.25, 0.3) is 0 Å². The highest BCUT2D eigenvalue weighted by atomic mass is 32.2. The Kier molecular flexibility index (Phi) is 9.26. The number of esters is 1. The van der Waals surface area contributed by atoms with E-state index in [-0.39, 0.29) is 22.1 Å². The van der Waals surface area contributed by atoms with E-state index in [9.17, 15) is 22.8 Å². The van der Waals surface area contributed by atoms with Crippen molar-refractivity contribution >= 4 is 33.5 Å². The number of unbranched alkanes of at least 4 members (excludes halogenated alkanes) is 1. The van der Waals surface area contributed by atoms with Crippen LogP contribution in [0.1, 0.15) is 51.8 Å². The van der Waals surface area contributed by atoms with Gasteiger partial charge >= 0.3 is 5.97 Å². The van der Waals surface area contributed by atoms with Crippen molar-refractivity contribution in [1.82, 2.24) is 9.80 Å². The number of nitrogens with one attached hydrogen (secondary N) is 1. The number of anilines is 1. The number of carbonyl (C=O) groups excluding carboxylic acids is 3. The number of nitrogens with zero attached hydrogens (tertiary/aromatic N) is 2. The van der Waals surface area contributed by atoms with Crippen molar-refractivity contribution < 1.29 is 32.0 Å². The molecule has 2 aromatic carbocycles. The number of aryl methyl sites for hydroxylation is 2. The van der Waals surface area contributed by atoms with Crippen LogP contribution in [0, 0.1) is 6.92 Å². The summed E-state index contributed by atoms with van der Waals surface area (Å²) in [5, 5.41) is 0. The van der Waals surface area contributed by atoms with Crippen molar-refractivity contribution in [3.05, 3.63) is 83.3 Å². The molecule has 10 nitrogen and oxygen atoms in total. The van der Waals surface area contributed by atoms with Crippen LogP contribution in [0.5, 0.6) is 0 Å². The van der Waals surface area contributed by atoms with E-state index in [1.54, 1.807) is 36.1 Å². The highest BCUT2D eigenvalue weighted by Crippen LogP contribution is 2.21. The summed E-state index contributed by atoms with van der Waals surface area (Å²) >= 11 is 0. The molecule has 1 N–H and O–H groups in total. The topological polar surface area (TPSA) is 126 Å². The van der Waals surface area contributed by atoms with Crippen LogP contribution in [0.2, 0.25) is 0 Å². The van der Waals surface area contributed by atoms with Crippen LogP contribution < -0.4 is 4.72 Å². The minimum absolute atomic E-state index is 0.0550. The van der Waals surface area contributed by atoms with Crippen molar-refractivity contribution in [3.63, 3.8) is 0 Å². The number of furan rings is 1. The summed E-state index contributed by atoms with van der Waals surface area (Å²) in [6, 6.07) is 14.6. The standard InChI is InChI=1S/C29H33N3O7S/c1-3-4-6-22-9-11-23(12-10-22)30-40(36,37)24-13-8-21(2)25(19-24)29(35)39-20-27(33)31-14-16-32(17-15-31)28(34)26-7-5-18-38-26/h5,7-13,18-19,30H,3-4,6,14-17,20H2,1-2H3. The van der Waals surface area contributed by atoms with Crippen LogP contribution in [0.3, 0.4) is 0 Å². The first kappa shape index (κ1) is 28.9. The van der Waals surface area contributed by atoms with E-state index < -0.39 is 28.5 Å². The third kappa shape index (κ3) is 7.09. The second-order valence-electron chi connectivity index (χ2n) is 9.61. The molecule has 40 heavy (non-hydrogen) atoms. The molecule has 11 heteroatoms. The summed E-state index contributed by atoms with van der Waals surface area (Å²) in [4.78, 5) is 40.9. The van der Waals surface area contributed by atoms with Crippen molar-refractivity contribution in [2.45, 2.75) is 38.0 Å². The average Bonchev–Trinajstić information content (AvgIpc) is 3.50. The Labute approximate surface area is 234 Å². The van der Waals surface area contributed by atoms with Crippen LogP contribution in [-0.4, -0.2) is 68.8 Å². The fraction of sp³-hybridized carbons (Fsp3) is 0.345. The van der Waals surface area contributed by atoms with Gasteiger partial charge in [-0.3, -0.25) is 14.3 Å². The number of hydrogen-bond acceptors (Lipinski definition) is 7. The van der Waals surface area contributed by atoms with E-state index in [1.807, 2.05) is 12.1 Å². The number of amides is 2. The number of hydrogen-bond donors (Lipinski definition) is 1. The van der Waals surface area contributed by atoms with Gasteiger partial charge in [-0.05, 0) is 67.3 Å². The zero-order valence-electron chi connectivity index (χ0n) is 22.6. The highest BCUT2D eigenvalue weighted by Gasteiger charge is 2.27.